The second-order valence-corrected chi connectivity index (χ2v) is 8.47. The van der Waals surface area contributed by atoms with Crippen molar-refractivity contribution in [2.75, 3.05) is 13.1 Å². The molecule has 0 aliphatic heterocycles. The van der Waals surface area contributed by atoms with E-state index in [-0.39, 0.29) is 5.92 Å². The Labute approximate surface area is 198 Å². The standard InChI is InChI=1S/C29H36N4/c1-4-18-33(6-3)26(20-24-14-11-15-25(19-24)22-30)21-29-27(5-2)28(31-32-29)17-16-23-12-9-7-8-10-13-23/h5,9,11-17,20-21,24,32H,4,6-8,10,18-19H2,1-3H3/b17-16+,26-20-,27-5-,29-21+. The first kappa shape index (κ1) is 24.3. The smallest absolute Gasteiger partial charge is 0.0947 e. The van der Waals surface area contributed by atoms with E-state index in [0.29, 0.717) is 0 Å². The van der Waals surface area contributed by atoms with Gasteiger partial charge in [-0.05, 0) is 69.8 Å². The van der Waals surface area contributed by atoms with E-state index in [0.717, 1.165) is 60.6 Å². The third-order valence-electron chi connectivity index (χ3n) is 6.02. The lowest BCUT2D eigenvalue weighted by Gasteiger charge is -2.25. The van der Waals surface area contributed by atoms with E-state index in [9.17, 15) is 5.26 Å². The normalized spacial score (nSPS) is 20.1. The quantitative estimate of drug-likeness (QED) is 0.596. The predicted octanol–water partition coefficient (Wildman–Crippen LogP) is 5.31. The lowest BCUT2D eigenvalue weighted by Crippen LogP contribution is -2.29. The molecule has 1 heterocycles. The molecule has 2 aliphatic carbocycles. The Kier molecular flexibility index (Phi) is 9.32. The minimum absolute atomic E-state index is 0.215. The second kappa shape index (κ2) is 12.6. The molecule has 1 aromatic heterocycles. The number of allylic oxidation sites excluding steroid dienone is 11. The second-order valence-electron chi connectivity index (χ2n) is 8.47. The number of nitrogens with zero attached hydrogens (tertiary/aromatic N) is 3. The number of hydrogen-bond acceptors (Lipinski definition) is 3. The number of nitrogens with one attached hydrogen (secondary N) is 1. The summed E-state index contributed by atoms with van der Waals surface area (Å²) in [7, 11) is 0. The molecular formula is C29H36N4. The van der Waals surface area contributed by atoms with Crippen molar-refractivity contribution < 1.29 is 0 Å². The molecule has 0 aromatic carbocycles. The van der Waals surface area contributed by atoms with Crippen molar-refractivity contribution in [1.82, 2.24) is 15.1 Å². The first-order chi connectivity index (χ1) is 16.2. The van der Waals surface area contributed by atoms with Gasteiger partial charge in [-0.3, -0.25) is 5.10 Å². The molecule has 4 heteroatoms. The molecule has 1 aromatic rings. The highest BCUT2D eigenvalue weighted by Gasteiger charge is 2.13. The molecule has 0 saturated heterocycles. The fourth-order valence-corrected chi connectivity index (χ4v) is 4.26. The van der Waals surface area contributed by atoms with Gasteiger partial charge in [0.1, 0.15) is 0 Å². The van der Waals surface area contributed by atoms with Crippen LogP contribution in [0.15, 0.2) is 65.5 Å². The molecule has 2 aliphatic rings. The third kappa shape index (κ3) is 6.83. The first-order valence-corrected chi connectivity index (χ1v) is 12.2. The average molecular weight is 441 g/mol. The van der Waals surface area contributed by atoms with Gasteiger partial charge >= 0.3 is 0 Å². The van der Waals surface area contributed by atoms with E-state index in [2.05, 4.69) is 96.6 Å². The molecule has 0 amide bonds. The van der Waals surface area contributed by atoms with Gasteiger partial charge in [-0.25, -0.2) is 0 Å². The Morgan fingerprint density at radius 2 is 2.18 bits per heavy atom. The minimum Gasteiger partial charge on any atom is -0.372 e. The van der Waals surface area contributed by atoms with Crippen LogP contribution in [0.25, 0.3) is 18.2 Å². The maximum atomic E-state index is 9.33. The fraction of sp³-hybridized carbons (Fsp3) is 0.379. The molecule has 0 radical (unpaired) electrons. The zero-order chi connectivity index (χ0) is 23.5. The van der Waals surface area contributed by atoms with E-state index < -0.39 is 0 Å². The Morgan fingerprint density at radius 1 is 1.30 bits per heavy atom. The van der Waals surface area contributed by atoms with E-state index in [1.165, 1.54) is 17.7 Å². The highest BCUT2D eigenvalue weighted by atomic mass is 15.1. The van der Waals surface area contributed by atoms with Crippen molar-refractivity contribution >= 4 is 18.2 Å². The topological polar surface area (TPSA) is 55.7 Å². The van der Waals surface area contributed by atoms with Crippen LogP contribution >= 0.6 is 0 Å². The predicted molar refractivity (Wildman–Crippen MR) is 139 cm³/mol. The molecular weight excluding hydrogens is 404 g/mol. The van der Waals surface area contributed by atoms with Crippen molar-refractivity contribution in [3.8, 4) is 6.07 Å². The number of hydrogen-bond donors (Lipinski definition) is 1. The molecule has 3 rings (SSSR count). The van der Waals surface area contributed by atoms with Gasteiger partial charge in [0.05, 0.1) is 17.1 Å². The van der Waals surface area contributed by atoms with Crippen LogP contribution in [0.3, 0.4) is 0 Å². The molecule has 1 unspecified atom stereocenters. The van der Waals surface area contributed by atoms with Crippen molar-refractivity contribution in [2.24, 2.45) is 5.92 Å². The van der Waals surface area contributed by atoms with Crippen LogP contribution in [0.5, 0.6) is 0 Å². The lowest BCUT2D eigenvalue weighted by molar-refractivity contribution is 0.375. The summed E-state index contributed by atoms with van der Waals surface area (Å²) in [6.07, 6.45) is 29.0. The Hall–Kier alpha value is -3.32. The van der Waals surface area contributed by atoms with Gasteiger partial charge in [0.25, 0.3) is 0 Å². The van der Waals surface area contributed by atoms with Crippen molar-refractivity contribution in [2.45, 2.75) is 52.9 Å². The highest BCUT2D eigenvalue weighted by molar-refractivity contribution is 5.55. The van der Waals surface area contributed by atoms with Crippen LogP contribution in [0, 0.1) is 17.2 Å². The summed E-state index contributed by atoms with van der Waals surface area (Å²) < 4.78 is 0. The monoisotopic (exact) mass is 440 g/mol. The summed E-state index contributed by atoms with van der Waals surface area (Å²) in [5.41, 5.74) is 4.20. The molecule has 1 N–H and O–H groups in total. The summed E-state index contributed by atoms with van der Waals surface area (Å²) in [6.45, 7) is 8.38. The van der Waals surface area contributed by atoms with Crippen molar-refractivity contribution in [3.05, 3.63) is 81.7 Å². The fourth-order valence-electron chi connectivity index (χ4n) is 4.26. The van der Waals surface area contributed by atoms with Gasteiger partial charge < -0.3 is 4.90 Å². The Bertz CT molecular complexity index is 1150. The van der Waals surface area contributed by atoms with Crippen LogP contribution in [-0.4, -0.2) is 28.2 Å². The lowest BCUT2D eigenvalue weighted by atomic mass is 9.93. The SMILES string of the molecule is C/C=c1/c(/C=C/C2=CCCCC=C2)n[nH]/c1=C/C(=C/C1C=CC=C(C#N)C1)N(CC)CCC. The number of H-pyrrole nitrogens is 1. The van der Waals surface area contributed by atoms with Crippen LogP contribution < -0.4 is 10.6 Å². The number of rotatable bonds is 8. The van der Waals surface area contributed by atoms with Crippen LogP contribution in [0.1, 0.15) is 58.6 Å². The average Bonchev–Trinajstić information content (AvgIpc) is 3.03. The van der Waals surface area contributed by atoms with Gasteiger partial charge in [0.15, 0.2) is 0 Å². The summed E-state index contributed by atoms with van der Waals surface area (Å²) >= 11 is 0. The summed E-state index contributed by atoms with van der Waals surface area (Å²) in [6, 6.07) is 2.31. The molecule has 0 spiro atoms. The molecule has 1 atom stereocenters. The maximum absolute atomic E-state index is 9.33. The van der Waals surface area contributed by atoms with E-state index in [4.69, 9.17) is 0 Å². The van der Waals surface area contributed by atoms with Crippen LogP contribution in [0.2, 0.25) is 0 Å². The Morgan fingerprint density at radius 3 is 2.94 bits per heavy atom. The minimum atomic E-state index is 0.215. The van der Waals surface area contributed by atoms with Crippen LogP contribution in [-0.2, 0) is 0 Å². The first-order valence-electron chi connectivity index (χ1n) is 12.2. The van der Waals surface area contributed by atoms with Gasteiger partial charge in [-0.1, -0.05) is 55.5 Å². The zero-order valence-corrected chi connectivity index (χ0v) is 20.2. The molecule has 0 bridgehead atoms. The van der Waals surface area contributed by atoms with Crippen molar-refractivity contribution in [3.63, 3.8) is 0 Å². The maximum Gasteiger partial charge on any atom is 0.0947 e. The largest absolute Gasteiger partial charge is 0.372 e. The molecule has 0 saturated carbocycles. The van der Waals surface area contributed by atoms with Gasteiger partial charge in [-0.2, -0.15) is 10.4 Å². The van der Waals surface area contributed by atoms with Gasteiger partial charge in [0, 0.05) is 35.5 Å². The number of aromatic nitrogens is 2. The van der Waals surface area contributed by atoms with E-state index in [1.54, 1.807) is 0 Å². The summed E-state index contributed by atoms with van der Waals surface area (Å²) in [5, 5.41) is 19.3. The Balaban J connectivity index is 1.98. The van der Waals surface area contributed by atoms with E-state index in [1.807, 2.05) is 12.2 Å². The highest BCUT2D eigenvalue weighted by Crippen LogP contribution is 2.22. The summed E-state index contributed by atoms with van der Waals surface area (Å²) in [5.74, 6) is 0.215. The van der Waals surface area contributed by atoms with Crippen molar-refractivity contribution in [1.29, 1.82) is 5.26 Å². The van der Waals surface area contributed by atoms with Gasteiger partial charge in [-0.15, -0.1) is 0 Å². The zero-order valence-electron chi connectivity index (χ0n) is 20.2. The molecule has 33 heavy (non-hydrogen) atoms. The number of aromatic amines is 1. The van der Waals surface area contributed by atoms with E-state index >= 15 is 0 Å². The number of nitriles is 1. The molecule has 0 fully saturated rings. The summed E-state index contributed by atoms with van der Waals surface area (Å²) in [4.78, 5) is 2.40. The molecule has 4 nitrogen and oxygen atoms in total. The van der Waals surface area contributed by atoms with Gasteiger partial charge in [0.2, 0.25) is 0 Å². The third-order valence-corrected chi connectivity index (χ3v) is 6.02. The molecule has 172 valence electrons. The van der Waals surface area contributed by atoms with Crippen LogP contribution in [0.4, 0.5) is 0 Å².